The topological polar surface area (TPSA) is 43.2 Å². The van der Waals surface area contributed by atoms with Gasteiger partial charge in [-0.2, -0.15) is 5.26 Å². The van der Waals surface area contributed by atoms with E-state index in [1.54, 1.807) is 12.3 Å². The fourth-order valence-electron chi connectivity index (χ4n) is 2.43. The molecule has 1 aliphatic heterocycles. The second-order valence-electron chi connectivity index (χ2n) is 4.86. The van der Waals surface area contributed by atoms with Crippen molar-refractivity contribution in [1.29, 1.82) is 5.26 Å². The Balaban J connectivity index is 1.56. The number of hydrogen-bond acceptors (Lipinski definition) is 5. The number of nitrogens with zero attached hydrogens (tertiary/aromatic N) is 4. The van der Waals surface area contributed by atoms with Gasteiger partial charge in [-0.25, -0.2) is 4.98 Å². The number of piperazine rings is 1. The van der Waals surface area contributed by atoms with Crippen molar-refractivity contribution in [1.82, 2.24) is 9.88 Å². The fraction of sp³-hybridized carbons (Fsp3) is 0.333. The van der Waals surface area contributed by atoms with E-state index in [-0.39, 0.29) is 0 Å². The summed E-state index contributed by atoms with van der Waals surface area (Å²) >= 11 is 1.82. The van der Waals surface area contributed by atoms with E-state index in [0.717, 1.165) is 38.4 Å². The maximum Gasteiger partial charge on any atom is 0.140 e. The molecule has 0 atom stereocenters. The number of hydrogen-bond donors (Lipinski definition) is 0. The van der Waals surface area contributed by atoms with Gasteiger partial charge in [0.25, 0.3) is 0 Å². The van der Waals surface area contributed by atoms with Crippen molar-refractivity contribution in [3.63, 3.8) is 0 Å². The molecule has 3 heterocycles. The van der Waals surface area contributed by atoms with Gasteiger partial charge in [0.1, 0.15) is 11.8 Å². The Labute approximate surface area is 122 Å². The van der Waals surface area contributed by atoms with E-state index in [1.807, 2.05) is 17.4 Å². The monoisotopic (exact) mass is 284 g/mol. The first-order chi connectivity index (χ1) is 9.85. The standard InChI is InChI=1S/C15H16N4S/c16-10-13-3-4-14(11-17-13)19-7-5-18(6-8-19)12-15-2-1-9-20-15/h1-4,9,11H,5-8,12H2. The van der Waals surface area contributed by atoms with Crippen LogP contribution in [0, 0.1) is 11.3 Å². The quantitative estimate of drug-likeness (QED) is 0.867. The Morgan fingerprint density at radius 3 is 2.65 bits per heavy atom. The predicted octanol–water partition coefficient (Wildman–Crippen LogP) is 2.34. The van der Waals surface area contributed by atoms with Gasteiger partial charge in [-0.15, -0.1) is 11.3 Å². The minimum absolute atomic E-state index is 0.477. The molecule has 102 valence electrons. The van der Waals surface area contributed by atoms with Gasteiger partial charge in [0, 0.05) is 37.6 Å². The van der Waals surface area contributed by atoms with Gasteiger partial charge in [-0.3, -0.25) is 4.90 Å². The van der Waals surface area contributed by atoms with Crippen LogP contribution in [0.3, 0.4) is 0 Å². The van der Waals surface area contributed by atoms with Gasteiger partial charge >= 0.3 is 0 Å². The van der Waals surface area contributed by atoms with Crippen molar-refractivity contribution in [2.45, 2.75) is 6.54 Å². The molecule has 0 aromatic carbocycles. The molecular weight excluding hydrogens is 268 g/mol. The first-order valence-electron chi connectivity index (χ1n) is 6.71. The zero-order valence-corrected chi connectivity index (χ0v) is 12.0. The molecule has 0 aliphatic carbocycles. The molecular formula is C15H16N4S. The summed E-state index contributed by atoms with van der Waals surface area (Å²) in [7, 11) is 0. The normalized spacial score (nSPS) is 16.1. The smallest absolute Gasteiger partial charge is 0.140 e. The maximum absolute atomic E-state index is 8.76. The molecule has 20 heavy (non-hydrogen) atoms. The van der Waals surface area contributed by atoms with E-state index in [9.17, 15) is 0 Å². The van der Waals surface area contributed by atoms with Crippen LogP contribution in [0.1, 0.15) is 10.6 Å². The molecule has 1 fully saturated rings. The summed E-state index contributed by atoms with van der Waals surface area (Å²) in [4.78, 5) is 10.4. The van der Waals surface area contributed by atoms with Crippen molar-refractivity contribution < 1.29 is 0 Å². The summed E-state index contributed by atoms with van der Waals surface area (Å²) in [6.07, 6.45) is 1.80. The Hall–Kier alpha value is -1.90. The predicted molar refractivity (Wildman–Crippen MR) is 80.8 cm³/mol. The molecule has 0 bridgehead atoms. The second-order valence-corrected chi connectivity index (χ2v) is 5.89. The minimum Gasteiger partial charge on any atom is -0.368 e. The average molecular weight is 284 g/mol. The molecule has 1 aliphatic rings. The summed E-state index contributed by atoms with van der Waals surface area (Å²) < 4.78 is 0. The van der Waals surface area contributed by atoms with E-state index < -0.39 is 0 Å². The second kappa shape index (κ2) is 6.04. The SMILES string of the molecule is N#Cc1ccc(N2CCN(Cc3cccs3)CC2)cn1. The largest absolute Gasteiger partial charge is 0.368 e. The molecule has 0 N–H and O–H groups in total. The highest BCUT2D eigenvalue weighted by Crippen LogP contribution is 2.18. The van der Waals surface area contributed by atoms with Crippen LogP contribution in [0.5, 0.6) is 0 Å². The molecule has 2 aromatic heterocycles. The van der Waals surface area contributed by atoms with E-state index in [4.69, 9.17) is 5.26 Å². The molecule has 1 saturated heterocycles. The number of pyridine rings is 1. The molecule has 0 unspecified atom stereocenters. The minimum atomic E-state index is 0.477. The number of anilines is 1. The van der Waals surface area contributed by atoms with Crippen molar-refractivity contribution in [3.8, 4) is 6.07 Å². The Morgan fingerprint density at radius 1 is 1.20 bits per heavy atom. The summed E-state index contributed by atoms with van der Waals surface area (Å²) in [6.45, 7) is 5.21. The molecule has 3 rings (SSSR count). The zero-order valence-electron chi connectivity index (χ0n) is 11.2. The third-order valence-electron chi connectivity index (χ3n) is 3.56. The highest BCUT2D eigenvalue weighted by molar-refractivity contribution is 7.09. The van der Waals surface area contributed by atoms with Crippen LogP contribution in [0.4, 0.5) is 5.69 Å². The lowest BCUT2D eigenvalue weighted by molar-refractivity contribution is 0.252. The lowest BCUT2D eigenvalue weighted by Crippen LogP contribution is -2.45. The fourth-order valence-corrected chi connectivity index (χ4v) is 3.17. The van der Waals surface area contributed by atoms with Crippen LogP contribution in [0.25, 0.3) is 0 Å². The summed E-state index contributed by atoms with van der Waals surface area (Å²) in [5.41, 5.74) is 1.59. The van der Waals surface area contributed by atoms with Crippen LogP contribution >= 0.6 is 11.3 Å². The number of thiophene rings is 1. The van der Waals surface area contributed by atoms with Crippen molar-refractivity contribution in [2.24, 2.45) is 0 Å². The highest BCUT2D eigenvalue weighted by Gasteiger charge is 2.17. The lowest BCUT2D eigenvalue weighted by atomic mass is 10.2. The van der Waals surface area contributed by atoms with Gasteiger partial charge in [-0.1, -0.05) is 6.07 Å². The number of nitriles is 1. The molecule has 2 aromatic rings. The van der Waals surface area contributed by atoms with Crippen LogP contribution in [0.15, 0.2) is 35.8 Å². The average Bonchev–Trinajstić information content (AvgIpc) is 3.01. The third-order valence-corrected chi connectivity index (χ3v) is 4.42. The zero-order chi connectivity index (χ0) is 13.8. The first kappa shape index (κ1) is 13.1. The number of rotatable bonds is 3. The van der Waals surface area contributed by atoms with Gasteiger partial charge in [0.05, 0.1) is 11.9 Å². The van der Waals surface area contributed by atoms with Gasteiger partial charge in [-0.05, 0) is 23.6 Å². The molecule has 0 saturated carbocycles. The summed E-state index contributed by atoms with van der Waals surface area (Å²) in [5.74, 6) is 0. The van der Waals surface area contributed by atoms with Crippen LogP contribution in [-0.2, 0) is 6.54 Å². The maximum atomic E-state index is 8.76. The Morgan fingerprint density at radius 2 is 2.05 bits per heavy atom. The highest BCUT2D eigenvalue weighted by atomic mass is 32.1. The van der Waals surface area contributed by atoms with Crippen molar-refractivity contribution >= 4 is 17.0 Å². The summed E-state index contributed by atoms with van der Waals surface area (Å²) in [6, 6.07) is 10.1. The third kappa shape index (κ3) is 2.98. The van der Waals surface area contributed by atoms with Gasteiger partial charge in [0.15, 0.2) is 0 Å². The Bertz CT molecular complexity index is 577. The van der Waals surface area contributed by atoms with E-state index in [1.165, 1.54) is 4.88 Å². The first-order valence-corrected chi connectivity index (χ1v) is 7.59. The molecule has 0 amide bonds. The van der Waals surface area contributed by atoms with Crippen LogP contribution < -0.4 is 4.90 Å². The molecule has 5 heteroatoms. The molecule has 0 spiro atoms. The van der Waals surface area contributed by atoms with Gasteiger partial charge < -0.3 is 4.90 Å². The molecule has 4 nitrogen and oxygen atoms in total. The Kier molecular flexibility index (Phi) is 3.95. The summed E-state index contributed by atoms with van der Waals surface area (Å²) in [5, 5.41) is 10.9. The van der Waals surface area contributed by atoms with E-state index >= 15 is 0 Å². The lowest BCUT2D eigenvalue weighted by Gasteiger charge is -2.35. The van der Waals surface area contributed by atoms with Crippen molar-refractivity contribution in [3.05, 3.63) is 46.4 Å². The van der Waals surface area contributed by atoms with Crippen LogP contribution in [0.2, 0.25) is 0 Å². The van der Waals surface area contributed by atoms with Gasteiger partial charge in [0.2, 0.25) is 0 Å². The number of aromatic nitrogens is 1. The van der Waals surface area contributed by atoms with E-state index in [2.05, 4.69) is 38.4 Å². The van der Waals surface area contributed by atoms with Crippen LogP contribution in [-0.4, -0.2) is 36.1 Å². The van der Waals surface area contributed by atoms with Crippen molar-refractivity contribution in [2.75, 3.05) is 31.1 Å². The molecule has 0 radical (unpaired) electrons. The van der Waals surface area contributed by atoms with E-state index in [0.29, 0.717) is 5.69 Å².